The first-order valence-electron chi connectivity index (χ1n) is 6.28. The first-order chi connectivity index (χ1) is 7.77. The summed E-state index contributed by atoms with van der Waals surface area (Å²) in [5.41, 5.74) is 2.88. The van der Waals surface area contributed by atoms with Crippen LogP contribution in [0.3, 0.4) is 0 Å². The van der Waals surface area contributed by atoms with Crippen LogP contribution < -0.4 is 4.90 Å². The maximum absolute atomic E-state index is 9.26. The summed E-state index contributed by atoms with van der Waals surface area (Å²) in [7, 11) is 0. The number of fused-ring (bicyclic) bond motifs is 1. The lowest BCUT2D eigenvalue weighted by atomic mass is 10.0. The number of aliphatic hydroxyl groups is 1. The van der Waals surface area contributed by atoms with Gasteiger partial charge in [-0.2, -0.15) is 0 Å². The van der Waals surface area contributed by atoms with Crippen molar-refractivity contribution >= 4 is 5.69 Å². The van der Waals surface area contributed by atoms with E-state index in [9.17, 15) is 5.11 Å². The van der Waals surface area contributed by atoms with Gasteiger partial charge in [-0.05, 0) is 44.2 Å². The fourth-order valence-corrected chi connectivity index (χ4v) is 2.42. The minimum atomic E-state index is -0.167. The molecule has 1 unspecified atom stereocenters. The van der Waals surface area contributed by atoms with Crippen molar-refractivity contribution in [2.24, 2.45) is 0 Å². The van der Waals surface area contributed by atoms with E-state index in [1.54, 1.807) is 0 Å². The lowest BCUT2D eigenvalue weighted by molar-refractivity contribution is 0.182. The lowest BCUT2D eigenvalue weighted by Gasteiger charge is -2.31. The minimum Gasteiger partial charge on any atom is -0.393 e. The van der Waals surface area contributed by atoms with Gasteiger partial charge < -0.3 is 10.0 Å². The van der Waals surface area contributed by atoms with Crippen molar-refractivity contribution in [1.29, 1.82) is 0 Å². The van der Waals surface area contributed by atoms with E-state index >= 15 is 0 Å². The molecule has 1 aliphatic heterocycles. The van der Waals surface area contributed by atoms with E-state index in [-0.39, 0.29) is 6.10 Å². The highest BCUT2D eigenvalue weighted by molar-refractivity contribution is 5.55. The molecule has 0 saturated heterocycles. The predicted octanol–water partition coefficient (Wildman–Crippen LogP) is 2.60. The van der Waals surface area contributed by atoms with Crippen molar-refractivity contribution in [1.82, 2.24) is 0 Å². The first kappa shape index (κ1) is 11.5. The van der Waals surface area contributed by atoms with Crippen LogP contribution in [0.5, 0.6) is 0 Å². The normalized spacial score (nSPS) is 17.0. The second-order valence-corrected chi connectivity index (χ2v) is 4.71. The van der Waals surface area contributed by atoms with Crippen molar-refractivity contribution in [2.45, 2.75) is 38.7 Å². The topological polar surface area (TPSA) is 23.5 Å². The molecule has 0 radical (unpaired) electrons. The van der Waals surface area contributed by atoms with Gasteiger partial charge in [0.05, 0.1) is 6.10 Å². The van der Waals surface area contributed by atoms with Gasteiger partial charge in [0.2, 0.25) is 0 Å². The zero-order valence-corrected chi connectivity index (χ0v) is 10.0. The molecule has 1 N–H and O–H groups in total. The standard InChI is InChI=1S/C14H21NO/c1-12(16)6-4-10-15-11-5-8-13-7-2-3-9-14(13)15/h2-3,7,9,12,16H,4-6,8,10-11H2,1H3. The van der Waals surface area contributed by atoms with Crippen molar-refractivity contribution < 1.29 is 5.11 Å². The Morgan fingerprint density at radius 3 is 3.00 bits per heavy atom. The summed E-state index contributed by atoms with van der Waals surface area (Å²) in [4.78, 5) is 2.46. The number of nitrogens with zero attached hydrogens (tertiary/aromatic N) is 1. The Labute approximate surface area is 97.9 Å². The summed E-state index contributed by atoms with van der Waals surface area (Å²) in [6, 6.07) is 8.69. The lowest BCUT2D eigenvalue weighted by Crippen LogP contribution is -2.30. The summed E-state index contributed by atoms with van der Waals surface area (Å²) < 4.78 is 0. The summed E-state index contributed by atoms with van der Waals surface area (Å²) in [6.07, 6.45) is 4.28. The fourth-order valence-electron chi connectivity index (χ4n) is 2.42. The number of rotatable bonds is 4. The van der Waals surface area contributed by atoms with Crippen LogP contribution in [0.15, 0.2) is 24.3 Å². The quantitative estimate of drug-likeness (QED) is 0.841. The second-order valence-electron chi connectivity index (χ2n) is 4.71. The molecule has 2 heteroatoms. The molecule has 16 heavy (non-hydrogen) atoms. The third-order valence-corrected chi connectivity index (χ3v) is 3.26. The molecule has 0 bridgehead atoms. The first-order valence-corrected chi connectivity index (χ1v) is 6.28. The number of benzene rings is 1. The van der Waals surface area contributed by atoms with Crippen molar-refractivity contribution in [3.05, 3.63) is 29.8 Å². The van der Waals surface area contributed by atoms with E-state index in [1.165, 1.54) is 24.1 Å². The van der Waals surface area contributed by atoms with Gasteiger partial charge in [0.1, 0.15) is 0 Å². The number of hydrogen-bond acceptors (Lipinski definition) is 2. The summed E-state index contributed by atoms with van der Waals surface area (Å²) in [5.74, 6) is 0. The van der Waals surface area contributed by atoms with Crippen molar-refractivity contribution in [3.8, 4) is 0 Å². The van der Waals surface area contributed by atoms with Crippen LogP contribution in [0, 0.1) is 0 Å². The van der Waals surface area contributed by atoms with Crippen LogP contribution in [0.1, 0.15) is 31.7 Å². The number of hydrogen-bond donors (Lipinski definition) is 1. The van der Waals surface area contributed by atoms with Gasteiger partial charge in [0.15, 0.2) is 0 Å². The monoisotopic (exact) mass is 219 g/mol. The third kappa shape index (κ3) is 2.76. The van der Waals surface area contributed by atoms with Gasteiger partial charge in [-0.15, -0.1) is 0 Å². The Morgan fingerprint density at radius 1 is 1.38 bits per heavy atom. The van der Waals surface area contributed by atoms with Crippen molar-refractivity contribution in [3.63, 3.8) is 0 Å². The molecule has 0 spiro atoms. The molecule has 1 aromatic carbocycles. The number of aryl methyl sites for hydroxylation is 1. The molecular weight excluding hydrogens is 198 g/mol. The molecule has 0 fully saturated rings. The van der Waals surface area contributed by atoms with Gasteiger partial charge in [-0.3, -0.25) is 0 Å². The molecule has 2 nitrogen and oxygen atoms in total. The summed E-state index contributed by atoms with van der Waals surface area (Å²) in [5, 5.41) is 9.26. The van der Waals surface area contributed by atoms with E-state index in [2.05, 4.69) is 29.2 Å². The van der Waals surface area contributed by atoms with E-state index in [0.29, 0.717) is 0 Å². The van der Waals surface area contributed by atoms with Gasteiger partial charge >= 0.3 is 0 Å². The highest BCUT2D eigenvalue weighted by atomic mass is 16.3. The Morgan fingerprint density at radius 2 is 2.19 bits per heavy atom. The van der Waals surface area contributed by atoms with Crippen LogP contribution in [0.2, 0.25) is 0 Å². The molecule has 0 aromatic heterocycles. The highest BCUT2D eigenvalue weighted by Gasteiger charge is 2.15. The van der Waals surface area contributed by atoms with E-state index in [1.807, 2.05) is 6.92 Å². The molecule has 0 saturated carbocycles. The van der Waals surface area contributed by atoms with Crippen LogP contribution in [-0.4, -0.2) is 24.3 Å². The Hall–Kier alpha value is -1.02. The number of anilines is 1. The molecule has 0 aliphatic carbocycles. The van der Waals surface area contributed by atoms with Gasteiger partial charge in [-0.25, -0.2) is 0 Å². The van der Waals surface area contributed by atoms with E-state index in [0.717, 1.165) is 25.9 Å². The molecule has 1 atom stereocenters. The van der Waals surface area contributed by atoms with E-state index < -0.39 is 0 Å². The van der Waals surface area contributed by atoms with E-state index in [4.69, 9.17) is 0 Å². The Kier molecular flexibility index (Phi) is 3.83. The zero-order chi connectivity index (χ0) is 11.4. The second kappa shape index (κ2) is 5.35. The summed E-state index contributed by atoms with van der Waals surface area (Å²) in [6.45, 7) is 4.10. The maximum Gasteiger partial charge on any atom is 0.0512 e. The minimum absolute atomic E-state index is 0.167. The summed E-state index contributed by atoms with van der Waals surface area (Å²) >= 11 is 0. The maximum atomic E-state index is 9.26. The molecule has 1 aromatic rings. The highest BCUT2D eigenvalue weighted by Crippen LogP contribution is 2.26. The number of para-hydroxylation sites is 1. The van der Waals surface area contributed by atoms with Crippen molar-refractivity contribution in [2.75, 3.05) is 18.0 Å². The largest absolute Gasteiger partial charge is 0.393 e. The van der Waals surface area contributed by atoms with Crippen LogP contribution >= 0.6 is 0 Å². The van der Waals surface area contributed by atoms with Gasteiger partial charge in [-0.1, -0.05) is 18.2 Å². The zero-order valence-electron chi connectivity index (χ0n) is 10.0. The van der Waals surface area contributed by atoms with Gasteiger partial charge in [0.25, 0.3) is 0 Å². The molecule has 2 rings (SSSR count). The third-order valence-electron chi connectivity index (χ3n) is 3.26. The Bertz CT molecular complexity index is 335. The molecular formula is C14H21NO. The number of aliphatic hydroxyl groups excluding tert-OH is 1. The van der Waals surface area contributed by atoms with Crippen LogP contribution in [0.25, 0.3) is 0 Å². The molecule has 0 amide bonds. The average Bonchev–Trinajstić information content (AvgIpc) is 2.29. The fraction of sp³-hybridized carbons (Fsp3) is 0.571. The van der Waals surface area contributed by atoms with Crippen LogP contribution in [0.4, 0.5) is 5.69 Å². The Balaban J connectivity index is 1.96. The predicted molar refractivity (Wildman–Crippen MR) is 67.9 cm³/mol. The average molecular weight is 219 g/mol. The van der Waals surface area contributed by atoms with Gasteiger partial charge in [0, 0.05) is 18.8 Å². The molecule has 88 valence electrons. The van der Waals surface area contributed by atoms with Crippen LogP contribution in [-0.2, 0) is 6.42 Å². The smallest absolute Gasteiger partial charge is 0.0512 e. The molecule has 1 aliphatic rings. The SMILES string of the molecule is CC(O)CCCN1CCCc2ccccc21. The molecule has 1 heterocycles.